The Morgan fingerprint density at radius 2 is 1.89 bits per heavy atom. The summed E-state index contributed by atoms with van der Waals surface area (Å²) in [4.78, 5) is 27.7. The van der Waals surface area contributed by atoms with E-state index in [0.29, 0.717) is 37.6 Å². The molecule has 0 aromatic carbocycles. The average Bonchev–Trinajstić information content (AvgIpc) is 2.94. The van der Waals surface area contributed by atoms with Crippen molar-refractivity contribution in [3.63, 3.8) is 0 Å². The van der Waals surface area contributed by atoms with Gasteiger partial charge in [0.25, 0.3) is 5.91 Å². The van der Waals surface area contributed by atoms with E-state index in [1.165, 1.54) is 0 Å². The quantitative estimate of drug-likeness (QED) is 0.731. The van der Waals surface area contributed by atoms with E-state index in [1.54, 1.807) is 4.90 Å². The predicted octanol–water partition coefficient (Wildman–Crippen LogP) is 1.32. The summed E-state index contributed by atoms with van der Waals surface area (Å²) in [5, 5.41) is 6.70. The molecule has 7 nitrogen and oxygen atoms in total. The maximum absolute atomic E-state index is 13.2. The Balaban J connectivity index is 0.00000140. The molecular formula is C19H29Cl2N3O4. The lowest BCUT2D eigenvalue weighted by molar-refractivity contribution is 0.0593. The van der Waals surface area contributed by atoms with Crippen molar-refractivity contribution in [2.24, 2.45) is 5.92 Å². The van der Waals surface area contributed by atoms with Crippen LogP contribution in [0.5, 0.6) is 0 Å². The Bertz CT molecular complexity index is 726. The molecule has 0 saturated carbocycles. The highest BCUT2D eigenvalue weighted by Gasteiger charge is 2.35. The third-order valence-corrected chi connectivity index (χ3v) is 5.76. The second-order valence-corrected chi connectivity index (χ2v) is 7.69. The number of fused-ring (bicyclic) bond motifs is 3. The molecule has 1 aromatic heterocycles. The van der Waals surface area contributed by atoms with Gasteiger partial charge < -0.3 is 24.7 Å². The number of nitrogens with one attached hydrogen (secondary N) is 2. The zero-order chi connectivity index (χ0) is 18.1. The molecule has 2 bridgehead atoms. The molecule has 0 unspecified atom stereocenters. The molecule has 28 heavy (non-hydrogen) atoms. The molecule has 0 spiro atoms. The molecule has 9 heteroatoms. The fourth-order valence-electron chi connectivity index (χ4n) is 4.28. The van der Waals surface area contributed by atoms with Gasteiger partial charge in [-0.05, 0) is 44.5 Å². The average molecular weight is 434 g/mol. The van der Waals surface area contributed by atoms with Gasteiger partial charge >= 0.3 is 5.63 Å². The van der Waals surface area contributed by atoms with Crippen molar-refractivity contribution in [1.82, 2.24) is 15.5 Å². The summed E-state index contributed by atoms with van der Waals surface area (Å²) in [7, 11) is 0. The number of nitrogens with zero attached hydrogens (tertiary/aromatic N) is 1. The minimum absolute atomic E-state index is 0. The van der Waals surface area contributed by atoms with Gasteiger partial charge in [-0.3, -0.25) is 4.79 Å². The van der Waals surface area contributed by atoms with Gasteiger partial charge in [0.05, 0.1) is 19.3 Å². The van der Waals surface area contributed by atoms with Gasteiger partial charge in [-0.2, -0.15) is 0 Å². The smallest absolute Gasteiger partial charge is 0.349 e. The lowest BCUT2D eigenvalue weighted by atomic mass is 9.94. The molecule has 3 fully saturated rings. The standard InChI is InChI=1S/C19H27N3O4.2ClH/c1-12-6-16(14-2-4-20-5-3-14)26-19(24)17(12)18(23)22-9-13-7-21-8-15(22)11-25-10-13;;/h6,13-15,20-21H,2-5,7-11H2,1H3;2*1H/t13-,15-;;/m0../s1. The zero-order valence-corrected chi connectivity index (χ0v) is 17.7. The summed E-state index contributed by atoms with van der Waals surface area (Å²) < 4.78 is 11.3. The van der Waals surface area contributed by atoms with Crippen LogP contribution in [0.3, 0.4) is 0 Å². The largest absolute Gasteiger partial charge is 0.427 e. The number of carbonyl (C=O) groups is 1. The minimum Gasteiger partial charge on any atom is -0.427 e. The Morgan fingerprint density at radius 1 is 1.14 bits per heavy atom. The molecule has 1 aromatic rings. The summed E-state index contributed by atoms with van der Waals surface area (Å²) in [6, 6.07) is 1.85. The Hall–Kier alpha value is -1.12. The van der Waals surface area contributed by atoms with Gasteiger partial charge in [-0.1, -0.05) is 0 Å². The number of rotatable bonds is 2. The number of hydrogen-bond acceptors (Lipinski definition) is 6. The van der Waals surface area contributed by atoms with Gasteiger partial charge in [-0.15, -0.1) is 24.8 Å². The fourth-order valence-corrected chi connectivity index (χ4v) is 4.28. The molecule has 1 amide bonds. The van der Waals surface area contributed by atoms with E-state index < -0.39 is 5.63 Å². The lowest BCUT2D eigenvalue weighted by Crippen LogP contribution is -2.47. The minimum atomic E-state index is -0.504. The van der Waals surface area contributed by atoms with Gasteiger partial charge in [0.1, 0.15) is 11.3 Å². The van der Waals surface area contributed by atoms with Gasteiger partial charge in [0, 0.05) is 31.5 Å². The molecule has 2 N–H and O–H groups in total. The third-order valence-electron chi connectivity index (χ3n) is 5.76. The monoisotopic (exact) mass is 433 g/mol. The number of aryl methyl sites for hydroxylation is 1. The summed E-state index contributed by atoms with van der Waals surface area (Å²) in [5.41, 5.74) is 0.388. The number of ether oxygens (including phenoxy) is 1. The van der Waals surface area contributed by atoms with Crippen LogP contribution in [0.2, 0.25) is 0 Å². The van der Waals surface area contributed by atoms with E-state index in [4.69, 9.17) is 9.15 Å². The Morgan fingerprint density at radius 3 is 2.61 bits per heavy atom. The molecule has 0 radical (unpaired) electrons. The number of hydrogen-bond donors (Lipinski definition) is 2. The number of piperidine rings is 1. The number of amides is 1. The van der Waals surface area contributed by atoms with Crippen molar-refractivity contribution in [2.75, 3.05) is 45.9 Å². The first-order valence-corrected chi connectivity index (χ1v) is 9.58. The lowest BCUT2D eigenvalue weighted by Gasteiger charge is -2.28. The first-order valence-electron chi connectivity index (χ1n) is 9.58. The van der Waals surface area contributed by atoms with E-state index in [9.17, 15) is 9.59 Å². The molecule has 158 valence electrons. The third kappa shape index (κ3) is 4.71. The number of carbonyl (C=O) groups excluding carboxylic acids is 1. The predicted molar refractivity (Wildman–Crippen MR) is 111 cm³/mol. The summed E-state index contributed by atoms with van der Waals surface area (Å²) in [6.07, 6.45) is 1.91. The van der Waals surface area contributed by atoms with Gasteiger partial charge in [0.15, 0.2) is 0 Å². The van der Waals surface area contributed by atoms with Crippen LogP contribution in [-0.4, -0.2) is 62.8 Å². The van der Waals surface area contributed by atoms with E-state index in [0.717, 1.165) is 32.5 Å². The maximum atomic E-state index is 13.2. The highest BCUT2D eigenvalue weighted by Crippen LogP contribution is 2.26. The normalized spacial score (nSPS) is 25.2. The summed E-state index contributed by atoms with van der Waals surface area (Å²) >= 11 is 0. The van der Waals surface area contributed by atoms with Crippen molar-refractivity contribution in [1.29, 1.82) is 0 Å². The maximum Gasteiger partial charge on any atom is 0.349 e. The van der Waals surface area contributed by atoms with Crippen molar-refractivity contribution in [3.8, 4) is 0 Å². The van der Waals surface area contributed by atoms with Crippen LogP contribution in [0.4, 0.5) is 0 Å². The van der Waals surface area contributed by atoms with E-state index in [-0.39, 0.29) is 54.2 Å². The SMILES string of the molecule is Cc1cc(C2CCNCC2)oc(=O)c1C(=O)N1C[C@@H]2CNC[C@H]1COC2.Cl.Cl. The van der Waals surface area contributed by atoms with Gasteiger partial charge in [-0.25, -0.2) is 4.79 Å². The van der Waals surface area contributed by atoms with Crippen LogP contribution in [-0.2, 0) is 4.74 Å². The van der Waals surface area contributed by atoms with Crippen LogP contribution in [0.25, 0.3) is 0 Å². The fraction of sp³-hybridized carbons (Fsp3) is 0.684. The Kier molecular flexibility index (Phi) is 8.33. The Labute approximate surface area is 177 Å². The summed E-state index contributed by atoms with van der Waals surface area (Å²) in [6.45, 7) is 7.00. The van der Waals surface area contributed by atoms with E-state index in [2.05, 4.69) is 10.6 Å². The van der Waals surface area contributed by atoms with Crippen molar-refractivity contribution in [3.05, 3.63) is 33.4 Å². The van der Waals surface area contributed by atoms with E-state index in [1.807, 2.05) is 13.0 Å². The molecular weight excluding hydrogens is 405 g/mol. The molecule has 2 atom stereocenters. The highest BCUT2D eigenvalue weighted by atomic mass is 35.5. The first kappa shape index (κ1) is 23.2. The van der Waals surface area contributed by atoms with Crippen LogP contribution in [0, 0.1) is 12.8 Å². The zero-order valence-electron chi connectivity index (χ0n) is 16.1. The number of halogens is 2. The molecule has 4 heterocycles. The second kappa shape index (κ2) is 10.1. The molecule has 0 aliphatic carbocycles. The molecule has 4 rings (SSSR count). The van der Waals surface area contributed by atoms with Crippen LogP contribution in [0.1, 0.15) is 40.4 Å². The van der Waals surface area contributed by atoms with Gasteiger partial charge in [0.2, 0.25) is 0 Å². The van der Waals surface area contributed by atoms with Crippen molar-refractivity contribution >= 4 is 30.7 Å². The molecule has 3 aliphatic rings. The topological polar surface area (TPSA) is 83.8 Å². The van der Waals surface area contributed by atoms with Crippen LogP contribution < -0.4 is 16.3 Å². The van der Waals surface area contributed by atoms with E-state index >= 15 is 0 Å². The second-order valence-electron chi connectivity index (χ2n) is 7.69. The summed E-state index contributed by atoms with van der Waals surface area (Å²) in [5.74, 6) is 0.997. The molecule has 3 aliphatic heterocycles. The highest BCUT2D eigenvalue weighted by molar-refractivity contribution is 5.95. The van der Waals surface area contributed by atoms with Crippen molar-refractivity contribution < 1.29 is 13.9 Å². The first-order chi connectivity index (χ1) is 12.6. The molecule has 3 saturated heterocycles. The van der Waals surface area contributed by atoms with Crippen LogP contribution in [0.15, 0.2) is 15.3 Å². The van der Waals surface area contributed by atoms with Crippen molar-refractivity contribution in [2.45, 2.75) is 31.7 Å². The van der Waals surface area contributed by atoms with Crippen LogP contribution >= 0.6 is 24.8 Å².